The van der Waals surface area contributed by atoms with Crippen LogP contribution in [0.1, 0.15) is 12.5 Å². The number of hydrogen-bond donors (Lipinski definition) is 1. The van der Waals surface area contributed by atoms with Gasteiger partial charge in [0, 0.05) is 11.9 Å². The summed E-state index contributed by atoms with van der Waals surface area (Å²) in [6.45, 7) is 2.27. The number of ether oxygens (including phenoxy) is 3. The van der Waals surface area contributed by atoms with Crippen molar-refractivity contribution in [2.24, 2.45) is 0 Å². The molecule has 3 rings (SSSR count). The summed E-state index contributed by atoms with van der Waals surface area (Å²) in [5.41, 5.74) is 1.06. The zero-order chi connectivity index (χ0) is 19.9. The van der Waals surface area contributed by atoms with Crippen LogP contribution in [0, 0.1) is 0 Å². The molecule has 0 aromatic heterocycles. The second kappa shape index (κ2) is 9.13. The number of hydrogen-bond acceptors (Lipinski definition) is 4. The van der Waals surface area contributed by atoms with E-state index in [2.05, 4.69) is 5.32 Å². The molecular weight excluding hydrogens is 354 g/mol. The van der Waals surface area contributed by atoms with Crippen LogP contribution in [0.3, 0.4) is 0 Å². The Morgan fingerprint density at radius 3 is 2.46 bits per heavy atom. The zero-order valence-corrected chi connectivity index (χ0v) is 16.4. The fourth-order valence-corrected chi connectivity index (χ4v) is 3.05. The molecule has 3 aromatic carbocycles. The molecule has 0 spiro atoms. The number of carbonyl (C=O) groups excluding carboxylic acids is 1. The normalized spacial score (nSPS) is 11.7. The van der Waals surface area contributed by atoms with Crippen LogP contribution in [-0.2, 0) is 11.2 Å². The highest BCUT2D eigenvalue weighted by molar-refractivity contribution is 5.89. The number of methoxy groups -OCH3 is 2. The second-order valence-corrected chi connectivity index (χ2v) is 6.47. The van der Waals surface area contributed by atoms with Crippen LogP contribution >= 0.6 is 0 Å². The molecule has 1 N–H and O–H groups in total. The van der Waals surface area contributed by atoms with Gasteiger partial charge in [-0.15, -0.1) is 0 Å². The van der Waals surface area contributed by atoms with Crippen molar-refractivity contribution in [2.75, 3.05) is 20.8 Å². The Morgan fingerprint density at radius 1 is 0.929 bits per heavy atom. The van der Waals surface area contributed by atoms with Crippen molar-refractivity contribution in [1.29, 1.82) is 0 Å². The van der Waals surface area contributed by atoms with E-state index in [9.17, 15) is 4.79 Å². The minimum atomic E-state index is -0.587. The highest BCUT2D eigenvalue weighted by atomic mass is 16.5. The second-order valence-electron chi connectivity index (χ2n) is 6.47. The van der Waals surface area contributed by atoms with Crippen molar-refractivity contribution in [3.8, 4) is 17.2 Å². The monoisotopic (exact) mass is 379 g/mol. The lowest BCUT2D eigenvalue weighted by atomic mass is 10.1. The summed E-state index contributed by atoms with van der Waals surface area (Å²) in [6, 6.07) is 19.5. The average molecular weight is 379 g/mol. The maximum absolute atomic E-state index is 12.4. The fraction of sp³-hybridized carbons (Fsp3) is 0.261. The maximum Gasteiger partial charge on any atom is 0.260 e. The molecule has 0 aliphatic rings. The molecule has 0 bridgehead atoms. The molecular formula is C23H25NO4. The Balaban J connectivity index is 1.56. The number of nitrogens with one attached hydrogen (secondary N) is 1. The van der Waals surface area contributed by atoms with Gasteiger partial charge in [0.15, 0.2) is 17.6 Å². The van der Waals surface area contributed by atoms with Crippen LogP contribution in [0.4, 0.5) is 0 Å². The van der Waals surface area contributed by atoms with Gasteiger partial charge in [-0.25, -0.2) is 0 Å². The molecule has 5 nitrogen and oxygen atoms in total. The van der Waals surface area contributed by atoms with Gasteiger partial charge in [0.2, 0.25) is 0 Å². The SMILES string of the molecule is COc1ccc(CCNC(=O)C(C)Oc2cccc3ccccc23)cc1OC. The molecule has 0 aliphatic heterocycles. The van der Waals surface area contributed by atoms with Crippen LogP contribution in [-0.4, -0.2) is 32.8 Å². The van der Waals surface area contributed by atoms with Crippen LogP contribution in [0.5, 0.6) is 17.2 Å². The van der Waals surface area contributed by atoms with Crippen LogP contribution in [0.2, 0.25) is 0 Å². The van der Waals surface area contributed by atoms with E-state index < -0.39 is 6.10 Å². The van der Waals surface area contributed by atoms with Gasteiger partial charge in [0.1, 0.15) is 5.75 Å². The molecule has 5 heteroatoms. The smallest absolute Gasteiger partial charge is 0.260 e. The van der Waals surface area contributed by atoms with E-state index in [0.717, 1.165) is 16.3 Å². The Hall–Kier alpha value is -3.21. The third-order valence-electron chi connectivity index (χ3n) is 4.58. The van der Waals surface area contributed by atoms with Gasteiger partial charge < -0.3 is 19.5 Å². The molecule has 0 saturated carbocycles. The lowest BCUT2D eigenvalue weighted by molar-refractivity contribution is -0.127. The van der Waals surface area contributed by atoms with Crippen molar-refractivity contribution in [1.82, 2.24) is 5.32 Å². The minimum absolute atomic E-state index is 0.145. The molecule has 0 aliphatic carbocycles. The molecule has 0 saturated heterocycles. The number of rotatable bonds is 8. The highest BCUT2D eigenvalue weighted by Crippen LogP contribution is 2.28. The van der Waals surface area contributed by atoms with Crippen molar-refractivity contribution in [2.45, 2.75) is 19.4 Å². The van der Waals surface area contributed by atoms with Crippen molar-refractivity contribution < 1.29 is 19.0 Å². The summed E-state index contributed by atoms with van der Waals surface area (Å²) < 4.78 is 16.5. The van der Waals surface area contributed by atoms with Crippen molar-refractivity contribution in [3.63, 3.8) is 0 Å². The lowest BCUT2D eigenvalue weighted by Gasteiger charge is -2.16. The van der Waals surface area contributed by atoms with E-state index in [1.165, 1.54) is 0 Å². The van der Waals surface area contributed by atoms with Gasteiger partial charge in [-0.1, -0.05) is 42.5 Å². The number of amides is 1. The Morgan fingerprint density at radius 2 is 1.68 bits per heavy atom. The van der Waals surface area contributed by atoms with Crippen LogP contribution in [0.25, 0.3) is 10.8 Å². The number of benzene rings is 3. The van der Waals surface area contributed by atoms with Gasteiger partial charge >= 0.3 is 0 Å². The van der Waals surface area contributed by atoms with Gasteiger partial charge in [-0.2, -0.15) is 0 Å². The van der Waals surface area contributed by atoms with E-state index in [4.69, 9.17) is 14.2 Å². The molecule has 28 heavy (non-hydrogen) atoms. The van der Waals surface area contributed by atoms with E-state index in [1.807, 2.05) is 60.7 Å². The molecule has 1 unspecified atom stereocenters. The summed E-state index contributed by atoms with van der Waals surface area (Å²) in [6.07, 6.45) is 0.101. The molecule has 146 valence electrons. The van der Waals surface area contributed by atoms with Gasteiger partial charge in [-0.05, 0) is 42.5 Å². The van der Waals surface area contributed by atoms with Crippen molar-refractivity contribution >= 4 is 16.7 Å². The summed E-state index contributed by atoms with van der Waals surface area (Å²) in [5, 5.41) is 5.01. The fourth-order valence-electron chi connectivity index (χ4n) is 3.05. The molecule has 0 radical (unpaired) electrons. The van der Waals surface area contributed by atoms with Gasteiger partial charge in [0.25, 0.3) is 5.91 Å². The summed E-state index contributed by atoms with van der Waals surface area (Å²) >= 11 is 0. The first kappa shape index (κ1) is 19.5. The van der Waals surface area contributed by atoms with E-state index in [1.54, 1.807) is 21.1 Å². The standard InChI is InChI=1S/C23H25NO4/c1-16(28-20-10-6-8-18-7-4-5-9-19(18)20)23(25)24-14-13-17-11-12-21(26-2)22(15-17)27-3/h4-12,15-16H,13-14H2,1-3H3,(H,24,25). The van der Waals surface area contributed by atoms with E-state index in [-0.39, 0.29) is 5.91 Å². The average Bonchev–Trinajstić information content (AvgIpc) is 2.73. The first-order valence-electron chi connectivity index (χ1n) is 9.25. The molecule has 3 aromatic rings. The lowest BCUT2D eigenvalue weighted by Crippen LogP contribution is -2.37. The molecule has 1 atom stereocenters. The summed E-state index contributed by atoms with van der Waals surface area (Å²) in [7, 11) is 3.21. The largest absolute Gasteiger partial charge is 0.493 e. The topological polar surface area (TPSA) is 56.8 Å². The third kappa shape index (κ3) is 4.55. The minimum Gasteiger partial charge on any atom is -0.493 e. The first-order valence-corrected chi connectivity index (χ1v) is 9.25. The molecule has 0 heterocycles. The highest BCUT2D eigenvalue weighted by Gasteiger charge is 2.15. The third-order valence-corrected chi connectivity index (χ3v) is 4.58. The Kier molecular flexibility index (Phi) is 6.37. The predicted molar refractivity (Wildman–Crippen MR) is 110 cm³/mol. The Labute approximate surface area is 165 Å². The first-order chi connectivity index (χ1) is 13.6. The summed E-state index contributed by atoms with van der Waals surface area (Å²) in [5.74, 6) is 1.93. The molecule has 0 fully saturated rings. The number of fused-ring (bicyclic) bond motifs is 1. The molecule has 1 amide bonds. The van der Waals surface area contributed by atoms with Gasteiger partial charge in [-0.3, -0.25) is 4.79 Å². The maximum atomic E-state index is 12.4. The summed E-state index contributed by atoms with van der Waals surface area (Å²) in [4.78, 5) is 12.4. The van der Waals surface area contributed by atoms with Crippen LogP contribution in [0.15, 0.2) is 60.7 Å². The quantitative estimate of drug-likeness (QED) is 0.643. The predicted octanol–water partition coefficient (Wildman–Crippen LogP) is 3.98. The number of carbonyl (C=O) groups is 1. The van der Waals surface area contributed by atoms with Crippen molar-refractivity contribution in [3.05, 3.63) is 66.2 Å². The Bertz CT molecular complexity index is 949. The zero-order valence-electron chi connectivity index (χ0n) is 16.4. The van der Waals surface area contributed by atoms with Crippen LogP contribution < -0.4 is 19.5 Å². The van der Waals surface area contributed by atoms with Gasteiger partial charge in [0.05, 0.1) is 14.2 Å². The van der Waals surface area contributed by atoms with E-state index >= 15 is 0 Å². The van der Waals surface area contributed by atoms with E-state index in [0.29, 0.717) is 30.2 Å².